The van der Waals surface area contributed by atoms with Crippen LogP contribution in [0.5, 0.6) is 0 Å². The topological polar surface area (TPSA) is 12.0 Å². The zero-order valence-corrected chi connectivity index (χ0v) is 16.6. The summed E-state index contributed by atoms with van der Waals surface area (Å²) in [7, 11) is 0. The molecule has 1 nitrogen and oxygen atoms in total. The summed E-state index contributed by atoms with van der Waals surface area (Å²) in [6.45, 7) is 2.10. The molecule has 0 unspecified atom stereocenters. The number of nitrogens with one attached hydrogen (secondary N) is 1. The van der Waals surface area contributed by atoms with Crippen LogP contribution in [0.3, 0.4) is 0 Å². The van der Waals surface area contributed by atoms with Crippen LogP contribution >= 0.6 is 11.8 Å². The van der Waals surface area contributed by atoms with Gasteiger partial charge in [-0.1, -0.05) is 72.8 Å². The van der Waals surface area contributed by atoms with Gasteiger partial charge in [-0.05, 0) is 52.6 Å². The van der Waals surface area contributed by atoms with Crippen molar-refractivity contribution in [3.8, 4) is 0 Å². The van der Waals surface area contributed by atoms with Crippen molar-refractivity contribution < 1.29 is 0 Å². The van der Waals surface area contributed by atoms with Crippen molar-refractivity contribution in [3.05, 3.63) is 106 Å². The van der Waals surface area contributed by atoms with Crippen LogP contribution in [0.2, 0.25) is 0 Å². The monoisotopic (exact) mass is 373 g/mol. The molecule has 0 saturated carbocycles. The Balaban J connectivity index is 0.0000001000. The van der Waals surface area contributed by atoms with Crippen LogP contribution in [0.1, 0.15) is 39.8 Å². The number of benzene rings is 3. The van der Waals surface area contributed by atoms with E-state index in [1.807, 2.05) is 11.8 Å². The second-order valence-electron chi connectivity index (χ2n) is 7.26. The Hall–Kier alpha value is -2.03. The summed E-state index contributed by atoms with van der Waals surface area (Å²) >= 11 is 2.00. The highest BCUT2D eigenvalue weighted by molar-refractivity contribution is 7.98. The summed E-state index contributed by atoms with van der Waals surface area (Å²) in [5, 5.41) is 3.29. The standard InChI is InChI=1S/C9H10.C8H9N.C8H8S/c1-2-5-9-7-3-6-8(9)4-1;2*1-2-4-8-6-9-5-7(8)3-1/h1-2,4-5H,3,6-7H2;1-4,9H,5-6H2;1-4H,5-6H2. The van der Waals surface area contributed by atoms with Gasteiger partial charge in [0.25, 0.3) is 0 Å². The van der Waals surface area contributed by atoms with Crippen molar-refractivity contribution in [3.63, 3.8) is 0 Å². The third-order valence-corrected chi connectivity index (χ3v) is 6.42. The predicted molar refractivity (Wildman–Crippen MR) is 117 cm³/mol. The Bertz CT molecular complexity index is 700. The SMILES string of the molecule is c1ccc2c(c1)CCC2.c1ccc2c(c1)CNC2.c1ccc2c(c1)CSC2. The van der Waals surface area contributed by atoms with Crippen LogP contribution in [0.25, 0.3) is 0 Å². The van der Waals surface area contributed by atoms with Crippen LogP contribution < -0.4 is 5.32 Å². The second kappa shape index (κ2) is 9.25. The van der Waals surface area contributed by atoms with Crippen molar-refractivity contribution in [2.45, 2.75) is 43.9 Å². The van der Waals surface area contributed by atoms with Gasteiger partial charge in [-0.15, -0.1) is 0 Å². The highest BCUT2D eigenvalue weighted by atomic mass is 32.2. The number of hydrogen-bond acceptors (Lipinski definition) is 2. The van der Waals surface area contributed by atoms with E-state index in [0.29, 0.717) is 0 Å². The van der Waals surface area contributed by atoms with Crippen LogP contribution in [0.4, 0.5) is 0 Å². The molecule has 0 saturated heterocycles. The van der Waals surface area contributed by atoms with Gasteiger partial charge in [0.1, 0.15) is 0 Å². The lowest BCUT2D eigenvalue weighted by Crippen LogP contribution is -1.99. The first-order valence-electron chi connectivity index (χ1n) is 9.89. The number of fused-ring (bicyclic) bond motifs is 3. The molecule has 3 aromatic carbocycles. The first-order valence-corrected chi connectivity index (χ1v) is 11.0. The molecule has 3 aliphatic rings. The van der Waals surface area contributed by atoms with E-state index in [-0.39, 0.29) is 0 Å². The average Bonchev–Trinajstić information content (AvgIpc) is 3.48. The number of rotatable bonds is 0. The van der Waals surface area contributed by atoms with Gasteiger partial charge in [-0.2, -0.15) is 11.8 Å². The molecule has 0 amide bonds. The maximum Gasteiger partial charge on any atom is 0.0211 e. The molecule has 0 atom stereocenters. The van der Waals surface area contributed by atoms with Gasteiger partial charge in [0.05, 0.1) is 0 Å². The van der Waals surface area contributed by atoms with E-state index in [9.17, 15) is 0 Å². The summed E-state index contributed by atoms with van der Waals surface area (Å²) < 4.78 is 0. The minimum absolute atomic E-state index is 1.05. The fraction of sp³-hybridized carbons (Fsp3) is 0.280. The molecule has 27 heavy (non-hydrogen) atoms. The second-order valence-corrected chi connectivity index (χ2v) is 8.24. The Morgan fingerprint density at radius 1 is 0.519 bits per heavy atom. The largest absolute Gasteiger partial charge is 0.309 e. The Morgan fingerprint density at radius 3 is 1.41 bits per heavy atom. The quantitative estimate of drug-likeness (QED) is 0.526. The first-order chi connectivity index (χ1) is 13.4. The van der Waals surface area contributed by atoms with Gasteiger partial charge in [0.15, 0.2) is 0 Å². The van der Waals surface area contributed by atoms with Gasteiger partial charge in [-0.3, -0.25) is 0 Å². The highest BCUT2D eigenvalue weighted by Gasteiger charge is 2.08. The Kier molecular flexibility index (Phi) is 6.28. The van der Waals surface area contributed by atoms with Crippen molar-refractivity contribution in [1.82, 2.24) is 5.32 Å². The molecule has 6 rings (SSSR count). The van der Waals surface area contributed by atoms with Gasteiger partial charge in [-0.25, -0.2) is 0 Å². The first kappa shape index (κ1) is 18.3. The molecule has 0 aromatic heterocycles. The summed E-state index contributed by atoms with van der Waals surface area (Å²) in [5.74, 6) is 2.44. The summed E-state index contributed by atoms with van der Waals surface area (Å²) in [6.07, 6.45) is 3.96. The Labute approximate surface area is 167 Å². The van der Waals surface area contributed by atoms with E-state index in [4.69, 9.17) is 0 Å². The van der Waals surface area contributed by atoms with Gasteiger partial charge >= 0.3 is 0 Å². The zero-order chi connectivity index (χ0) is 18.3. The van der Waals surface area contributed by atoms with Crippen LogP contribution in [0.15, 0.2) is 72.8 Å². The number of thioether (sulfide) groups is 1. The molecule has 2 heteroatoms. The maximum absolute atomic E-state index is 3.29. The summed E-state index contributed by atoms with van der Waals surface area (Å²) in [6, 6.07) is 25.9. The molecule has 3 aromatic rings. The van der Waals surface area contributed by atoms with Gasteiger partial charge < -0.3 is 5.32 Å². The molecule has 0 bridgehead atoms. The molecule has 2 aliphatic heterocycles. The van der Waals surface area contributed by atoms with Gasteiger partial charge in [0, 0.05) is 24.6 Å². The number of aryl methyl sites for hydroxylation is 2. The van der Waals surface area contributed by atoms with E-state index < -0.39 is 0 Å². The molecule has 1 aliphatic carbocycles. The molecule has 138 valence electrons. The molecule has 2 heterocycles. The minimum Gasteiger partial charge on any atom is -0.309 e. The molecule has 0 radical (unpaired) electrons. The van der Waals surface area contributed by atoms with Crippen molar-refractivity contribution in [2.75, 3.05) is 0 Å². The lowest BCUT2D eigenvalue weighted by Gasteiger charge is -1.93. The summed E-state index contributed by atoms with van der Waals surface area (Å²) in [4.78, 5) is 0. The normalized spacial score (nSPS) is 15.6. The minimum atomic E-state index is 1.05. The molecule has 1 N–H and O–H groups in total. The third kappa shape index (κ3) is 4.82. The van der Waals surface area contributed by atoms with Gasteiger partial charge in [0.2, 0.25) is 0 Å². The van der Waals surface area contributed by atoms with Crippen LogP contribution in [-0.2, 0) is 37.4 Å². The molecular formula is C25H27NS. The summed E-state index contributed by atoms with van der Waals surface area (Å²) in [5.41, 5.74) is 9.11. The fourth-order valence-electron chi connectivity index (χ4n) is 3.86. The predicted octanol–water partition coefficient (Wildman–Crippen LogP) is 5.90. The van der Waals surface area contributed by atoms with Crippen LogP contribution in [-0.4, -0.2) is 0 Å². The highest BCUT2D eigenvalue weighted by Crippen LogP contribution is 2.28. The third-order valence-electron chi connectivity index (χ3n) is 5.39. The lowest BCUT2D eigenvalue weighted by atomic mass is 10.1. The van der Waals surface area contributed by atoms with Crippen molar-refractivity contribution >= 4 is 11.8 Å². The van der Waals surface area contributed by atoms with Crippen molar-refractivity contribution in [2.24, 2.45) is 0 Å². The maximum atomic E-state index is 3.29. The van der Waals surface area contributed by atoms with E-state index in [0.717, 1.165) is 13.1 Å². The molecular weight excluding hydrogens is 346 g/mol. The molecule has 0 spiro atoms. The lowest BCUT2D eigenvalue weighted by molar-refractivity contribution is 0.765. The smallest absolute Gasteiger partial charge is 0.0211 e. The number of hydrogen-bond donors (Lipinski definition) is 1. The average molecular weight is 374 g/mol. The molecule has 0 fully saturated rings. The van der Waals surface area contributed by atoms with E-state index in [1.165, 1.54) is 53.0 Å². The van der Waals surface area contributed by atoms with E-state index in [2.05, 4.69) is 78.1 Å². The van der Waals surface area contributed by atoms with Crippen LogP contribution in [0, 0.1) is 0 Å². The fourth-order valence-corrected chi connectivity index (χ4v) is 4.96. The van der Waals surface area contributed by atoms with E-state index in [1.54, 1.807) is 11.1 Å². The Morgan fingerprint density at radius 2 is 0.926 bits per heavy atom. The van der Waals surface area contributed by atoms with E-state index >= 15 is 0 Å². The zero-order valence-electron chi connectivity index (χ0n) is 15.8. The van der Waals surface area contributed by atoms with Crippen molar-refractivity contribution in [1.29, 1.82) is 0 Å².